The fourth-order valence-corrected chi connectivity index (χ4v) is 3.54. The first-order chi connectivity index (χ1) is 6.01. The van der Waals surface area contributed by atoms with Crippen LogP contribution in [0.4, 0.5) is 0 Å². The lowest BCUT2D eigenvalue weighted by atomic mass is 9.80. The Morgan fingerprint density at radius 3 is 1.77 bits per heavy atom. The van der Waals surface area contributed by atoms with E-state index in [4.69, 9.17) is 0 Å². The summed E-state index contributed by atoms with van der Waals surface area (Å²) in [6.45, 7) is 0. The first-order valence-electron chi connectivity index (χ1n) is 4.24. The molecule has 1 saturated carbocycles. The largest absolute Gasteiger partial charge is 0.294 e. The summed E-state index contributed by atoms with van der Waals surface area (Å²) in [4.78, 5) is 23.1. The Kier molecular flexibility index (Phi) is 2.07. The van der Waals surface area contributed by atoms with Crippen LogP contribution in [0.25, 0.3) is 0 Å². The van der Waals surface area contributed by atoms with E-state index in [1.165, 1.54) is 0 Å². The molecule has 1 N–H and O–H groups in total. The van der Waals surface area contributed by atoms with Gasteiger partial charge in [-0.1, -0.05) is 44.7 Å². The highest BCUT2D eigenvalue weighted by Crippen LogP contribution is 2.52. The highest BCUT2D eigenvalue weighted by molar-refractivity contribution is 9.13. The number of halogens is 2. The van der Waals surface area contributed by atoms with Gasteiger partial charge in [0, 0.05) is 0 Å². The van der Waals surface area contributed by atoms with Gasteiger partial charge >= 0.3 is 0 Å². The van der Waals surface area contributed by atoms with Gasteiger partial charge in [0.25, 0.3) is 0 Å². The Labute approximate surface area is 92.9 Å². The van der Waals surface area contributed by atoms with E-state index in [0.717, 1.165) is 25.7 Å². The molecule has 0 spiro atoms. The predicted molar refractivity (Wildman–Crippen MR) is 54.9 cm³/mol. The van der Waals surface area contributed by atoms with Crippen molar-refractivity contribution in [1.82, 2.24) is 5.32 Å². The maximum Gasteiger partial charge on any atom is 0.245 e. The van der Waals surface area contributed by atoms with Gasteiger partial charge in [-0.3, -0.25) is 14.9 Å². The minimum atomic E-state index is -0.713. The summed E-state index contributed by atoms with van der Waals surface area (Å²) in [5, 5.41) is 2.37. The Hall–Kier alpha value is 0.1000. The average Bonchev–Trinajstić information content (AvgIpc) is 2.25. The molecule has 2 atom stereocenters. The van der Waals surface area contributed by atoms with E-state index in [2.05, 4.69) is 37.2 Å². The Balaban J connectivity index is 2.46. The lowest BCUT2D eigenvalue weighted by Crippen LogP contribution is -2.49. The molecule has 0 aromatic heterocycles. The van der Waals surface area contributed by atoms with Crippen molar-refractivity contribution in [3.05, 3.63) is 0 Å². The SMILES string of the molecule is O=C1NC(=O)C2(Br)CCCCC12Br. The van der Waals surface area contributed by atoms with Crippen LogP contribution in [0.2, 0.25) is 0 Å². The zero-order chi connectivity index (χ0) is 9.69. The van der Waals surface area contributed by atoms with Crippen LogP contribution in [-0.2, 0) is 9.59 Å². The van der Waals surface area contributed by atoms with Crippen molar-refractivity contribution in [2.24, 2.45) is 0 Å². The number of fused-ring (bicyclic) bond motifs is 1. The Morgan fingerprint density at radius 1 is 1.00 bits per heavy atom. The third kappa shape index (κ3) is 1.06. The third-order valence-corrected chi connectivity index (χ3v) is 6.27. The van der Waals surface area contributed by atoms with Crippen LogP contribution in [0, 0.1) is 0 Å². The van der Waals surface area contributed by atoms with Gasteiger partial charge in [0.2, 0.25) is 11.8 Å². The third-order valence-electron chi connectivity index (χ3n) is 2.87. The van der Waals surface area contributed by atoms with E-state index >= 15 is 0 Å². The molecule has 2 unspecified atom stereocenters. The standard InChI is InChI=1S/C8H9Br2NO2/c9-7-3-1-2-4-8(7,10)6(13)11-5(7)12/h1-4H2,(H,11,12,13). The summed E-state index contributed by atoms with van der Waals surface area (Å²) in [5.74, 6) is -0.400. The van der Waals surface area contributed by atoms with E-state index < -0.39 is 8.65 Å². The van der Waals surface area contributed by atoms with Crippen molar-refractivity contribution in [1.29, 1.82) is 0 Å². The zero-order valence-electron chi connectivity index (χ0n) is 6.90. The Morgan fingerprint density at radius 2 is 1.38 bits per heavy atom. The molecule has 3 nitrogen and oxygen atoms in total. The van der Waals surface area contributed by atoms with Gasteiger partial charge in [0.1, 0.15) is 8.65 Å². The molecule has 2 rings (SSSR count). The maximum atomic E-state index is 11.5. The second kappa shape index (κ2) is 2.79. The molecule has 2 aliphatic rings. The summed E-state index contributed by atoms with van der Waals surface area (Å²) in [5.41, 5.74) is 0. The number of alkyl halides is 2. The lowest BCUT2D eigenvalue weighted by Gasteiger charge is -2.36. The number of hydrogen-bond donors (Lipinski definition) is 1. The quantitative estimate of drug-likeness (QED) is 0.544. The summed E-state index contributed by atoms with van der Waals surface area (Å²) in [6.07, 6.45) is 3.41. The molecule has 1 saturated heterocycles. The van der Waals surface area contributed by atoms with E-state index in [1.807, 2.05) is 0 Å². The second-order valence-corrected chi connectivity index (χ2v) is 6.30. The number of imide groups is 1. The molecule has 13 heavy (non-hydrogen) atoms. The van der Waals surface area contributed by atoms with E-state index in [0.29, 0.717) is 0 Å². The van der Waals surface area contributed by atoms with Crippen molar-refractivity contribution in [2.75, 3.05) is 0 Å². The fourth-order valence-electron chi connectivity index (χ4n) is 2.02. The predicted octanol–water partition coefficient (Wildman–Crippen LogP) is 1.48. The minimum Gasteiger partial charge on any atom is -0.294 e. The summed E-state index contributed by atoms with van der Waals surface area (Å²) < 4.78 is -1.43. The van der Waals surface area contributed by atoms with Crippen molar-refractivity contribution in [3.8, 4) is 0 Å². The number of rotatable bonds is 0. The molecule has 1 aliphatic heterocycles. The number of amides is 2. The molecule has 0 aromatic rings. The highest BCUT2D eigenvalue weighted by atomic mass is 79.9. The van der Waals surface area contributed by atoms with Gasteiger partial charge in [-0.2, -0.15) is 0 Å². The van der Waals surface area contributed by atoms with Crippen LogP contribution in [0.5, 0.6) is 0 Å². The molecule has 0 bridgehead atoms. The van der Waals surface area contributed by atoms with Gasteiger partial charge in [0.15, 0.2) is 0 Å². The van der Waals surface area contributed by atoms with E-state index in [1.54, 1.807) is 0 Å². The van der Waals surface area contributed by atoms with Gasteiger partial charge in [-0.25, -0.2) is 0 Å². The topological polar surface area (TPSA) is 46.2 Å². The number of carbonyl (C=O) groups is 2. The molecule has 1 heterocycles. The van der Waals surface area contributed by atoms with Crippen molar-refractivity contribution >= 4 is 43.7 Å². The number of nitrogens with one attached hydrogen (secondary N) is 1. The maximum absolute atomic E-state index is 11.5. The molecule has 5 heteroatoms. The smallest absolute Gasteiger partial charge is 0.245 e. The van der Waals surface area contributed by atoms with Crippen LogP contribution in [0.1, 0.15) is 25.7 Å². The molecule has 2 fully saturated rings. The summed E-state index contributed by atoms with van der Waals surface area (Å²) >= 11 is 6.81. The second-order valence-electron chi connectivity index (χ2n) is 3.59. The number of hydrogen-bond acceptors (Lipinski definition) is 2. The fraction of sp³-hybridized carbons (Fsp3) is 0.750. The van der Waals surface area contributed by atoms with Crippen molar-refractivity contribution < 1.29 is 9.59 Å². The van der Waals surface area contributed by atoms with Crippen molar-refractivity contribution in [2.45, 2.75) is 34.3 Å². The van der Waals surface area contributed by atoms with Gasteiger partial charge < -0.3 is 0 Å². The zero-order valence-corrected chi connectivity index (χ0v) is 10.1. The lowest BCUT2D eigenvalue weighted by molar-refractivity contribution is -0.125. The molecule has 1 aliphatic carbocycles. The van der Waals surface area contributed by atoms with Crippen LogP contribution in [-0.4, -0.2) is 20.5 Å². The van der Waals surface area contributed by atoms with Gasteiger partial charge in [-0.15, -0.1) is 0 Å². The Bertz CT molecular complexity index is 266. The van der Waals surface area contributed by atoms with Crippen LogP contribution < -0.4 is 5.32 Å². The molecule has 72 valence electrons. The molecular formula is C8H9Br2NO2. The average molecular weight is 311 g/mol. The van der Waals surface area contributed by atoms with Crippen LogP contribution >= 0.6 is 31.9 Å². The highest BCUT2D eigenvalue weighted by Gasteiger charge is 2.64. The number of carbonyl (C=O) groups excluding carboxylic acids is 2. The molecule has 0 radical (unpaired) electrons. The summed E-state index contributed by atoms with van der Waals surface area (Å²) in [6, 6.07) is 0. The monoisotopic (exact) mass is 309 g/mol. The van der Waals surface area contributed by atoms with E-state index in [9.17, 15) is 9.59 Å². The first kappa shape index (κ1) is 9.65. The van der Waals surface area contributed by atoms with Crippen LogP contribution in [0.15, 0.2) is 0 Å². The minimum absolute atomic E-state index is 0.200. The molecular weight excluding hydrogens is 302 g/mol. The molecule has 2 amide bonds. The van der Waals surface area contributed by atoms with Crippen LogP contribution in [0.3, 0.4) is 0 Å². The van der Waals surface area contributed by atoms with Crippen molar-refractivity contribution in [3.63, 3.8) is 0 Å². The van der Waals surface area contributed by atoms with Gasteiger partial charge in [0.05, 0.1) is 0 Å². The summed E-state index contributed by atoms with van der Waals surface area (Å²) in [7, 11) is 0. The first-order valence-corrected chi connectivity index (χ1v) is 5.83. The molecule has 0 aromatic carbocycles. The van der Waals surface area contributed by atoms with Gasteiger partial charge in [-0.05, 0) is 12.8 Å². The normalized spacial score (nSPS) is 44.5. The van der Waals surface area contributed by atoms with E-state index in [-0.39, 0.29) is 11.8 Å².